The molecule has 0 bridgehead atoms. The number of aromatic nitrogens is 3. The smallest absolute Gasteiger partial charge is 0.252 e. The summed E-state index contributed by atoms with van der Waals surface area (Å²) in [5, 5.41) is 4.11. The van der Waals surface area contributed by atoms with Crippen molar-refractivity contribution in [3.63, 3.8) is 0 Å². The predicted molar refractivity (Wildman–Crippen MR) is 100.0 cm³/mol. The predicted octanol–water partition coefficient (Wildman–Crippen LogP) is 1.55. The van der Waals surface area contributed by atoms with Gasteiger partial charge in [0.05, 0.1) is 17.8 Å². The lowest BCUT2D eigenvalue weighted by molar-refractivity contribution is 0.1000. The normalized spacial score (nSPS) is 15.0. The SMILES string of the molecule is NC(=O)c1cccnc1N1CCN(Cc2cc(-c3ccccn3)no2)CC1. The molecule has 0 unspecified atom stereocenters. The van der Waals surface area contributed by atoms with Gasteiger partial charge in [0.1, 0.15) is 11.5 Å². The van der Waals surface area contributed by atoms with Crippen molar-refractivity contribution in [2.75, 3.05) is 31.1 Å². The van der Waals surface area contributed by atoms with Gasteiger partial charge in [0, 0.05) is 44.6 Å². The first-order chi connectivity index (χ1) is 13.2. The van der Waals surface area contributed by atoms with Crippen molar-refractivity contribution in [3.05, 3.63) is 60.1 Å². The van der Waals surface area contributed by atoms with Crippen LogP contribution < -0.4 is 10.6 Å². The Labute approximate surface area is 156 Å². The summed E-state index contributed by atoms with van der Waals surface area (Å²) in [6.45, 7) is 3.86. The Morgan fingerprint density at radius 3 is 2.59 bits per heavy atom. The Morgan fingerprint density at radius 2 is 1.85 bits per heavy atom. The van der Waals surface area contributed by atoms with Gasteiger partial charge >= 0.3 is 0 Å². The van der Waals surface area contributed by atoms with E-state index in [9.17, 15) is 4.79 Å². The molecule has 0 saturated carbocycles. The van der Waals surface area contributed by atoms with Crippen LogP contribution in [0, 0.1) is 0 Å². The molecule has 4 rings (SSSR count). The van der Waals surface area contributed by atoms with Gasteiger partial charge < -0.3 is 15.2 Å². The number of hydrogen-bond donors (Lipinski definition) is 1. The van der Waals surface area contributed by atoms with Crippen molar-refractivity contribution in [1.29, 1.82) is 0 Å². The second-order valence-electron chi connectivity index (χ2n) is 6.40. The molecular formula is C19H20N6O2. The van der Waals surface area contributed by atoms with Crippen molar-refractivity contribution < 1.29 is 9.32 Å². The van der Waals surface area contributed by atoms with Crippen LogP contribution in [0.15, 0.2) is 53.3 Å². The number of anilines is 1. The minimum Gasteiger partial charge on any atom is -0.365 e. The third kappa shape index (κ3) is 3.80. The van der Waals surface area contributed by atoms with Gasteiger partial charge in [0.2, 0.25) is 0 Å². The van der Waals surface area contributed by atoms with Crippen LogP contribution in [-0.4, -0.2) is 52.1 Å². The van der Waals surface area contributed by atoms with E-state index < -0.39 is 5.91 Å². The highest BCUT2D eigenvalue weighted by Crippen LogP contribution is 2.21. The molecule has 0 spiro atoms. The van der Waals surface area contributed by atoms with Crippen LogP contribution in [0.25, 0.3) is 11.4 Å². The minimum absolute atomic E-state index is 0.454. The number of hydrogen-bond acceptors (Lipinski definition) is 7. The van der Waals surface area contributed by atoms with Crippen LogP contribution in [0.5, 0.6) is 0 Å². The molecule has 2 N–H and O–H groups in total. The number of primary amides is 1. The average molecular weight is 364 g/mol. The molecule has 27 heavy (non-hydrogen) atoms. The largest absolute Gasteiger partial charge is 0.365 e. The summed E-state index contributed by atoms with van der Waals surface area (Å²) in [5.41, 5.74) is 7.46. The van der Waals surface area contributed by atoms with E-state index >= 15 is 0 Å². The Hall–Kier alpha value is -3.26. The van der Waals surface area contributed by atoms with Gasteiger partial charge in [-0.05, 0) is 24.3 Å². The molecule has 138 valence electrons. The molecule has 1 amide bonds. The van der Waals surface area contributed by atoms with Gasteiger partial charge in [0.15, 0.2) is 5.76 Å². The first-order valence-corrected chi connectivity index (χ1v) is 8.80. The molecule has 1 aliphatic rings. The number of rotatable bonds is 5. The maximum absolute atomic E-state index is 11.6. The summed E-state index contributed by atoms with van der Waals surface area (Å²) in [6, 6.07) is 11.1. The fraction of sp³-hybridized carbons (Fsp3) is 0.263. The number of piperazine rings is 1. The zero-order valence-electron chi connectivity index (χ0n) is 14.8. The first kappa shape index (κ1) is 17.2. The van der Waals surface area contributed by atoms with Crippen molar-refractivity contribution in [3.8, 4) is 11.4 Å². The highest BCUT2D eigenvalue weighted by Gasteiger charge is 2.22. The Bertz CT molecular complexity index is 919. The number of carbonyl (C=O) groups is 1. The summed E-state index contributed by atoms with van der Waals surface area (Å²) >= 11 is 0. The van der Waals surface area contributed by atoms with Crippen molar-refractivity contribution in [2.45, 2.75) is 6.54 Å². The number of nitrogens with two attached hydrogens (primary N) is 1. The topological polar surface area (TPSA) is 101 Å². The Morgan fingerprint density at radius 1 is 1.04 bits per heavy atom. The molecule has 1 fully saturated rings. The highest BCUT2D eigenvalue weighted by atomic mass is 16.5. The monoisotopic (exact) mass is 364 g/mol. The molecule has 8 heteroatoms. The lowest BCUT2D eigenvalue weighted by atomic mass is 10.2. The number of amides is 1. The Balaban J connectivity index is 1.38. The molecule has 0 aliphatic carbocycles. The molecule has 1 aliphatic heterocycles. The van der Waals surface area contributed by atoms with Gasteiger partial charge in [-0.25, -0.2) is 4.98 Å². The third-order valence-corrected chi connectivity index (χ3v) is 4.59. The molecule has 0 aromatic carbocycles. The minimum atomic E-state index is -0.454. The summed E-state index contributed by atoms with van der Waals surface area (Å²) < 4.78 is 5.47. The van der Waals surface area contributed by atoms with E-state index in [0.717, 1.165) is 43.3 Å². The van der Waals surface area contributed by atoms with E-state index in [1.165, 1.54) is 0 Å². The average Bonchev–Trinajstić information content (AvgIpc) is 3.18. The van der Waals surface area contributed by atoms with Crippen molar-refractivity contribution >= 4 is 11.7 Å². The number of nitrogens with zero attached hydrogens (tertiary/aromatic N) is 5. The fourth-order valence-corrected chi connectivity index (χ4v) is 3.20. The highest BCUT2D eigenvalue weighted by molar-refractivity contribution is 5.97. The quantitative estimate of drug-likeness (QED) is 0.733. The zero-order valence-corrected chi connectivity index (χ0v) is 14.8. The molecule has 0 radical (unpaired) electrons. The second kappa shape index (κ2) is 7.55. The van der Waals surface area contributed by atoms with Crippen molar-refractivity contribution in [2.24, 2.45) is 5.73 Å². The zero-order chi connectivity index (χ0) is 18.6. The van der Waals surface area contributed by atoms with E-state index in [2.05, 4.69) is 24.9 Å². The van der Waals surface area contributed by atoms with Crippen LogP contribution in [0.4, 0.5) is 5.82 Å². The van der Waals surface area contributed by atoms with Gasteiger partial charge in [0.25, 0.3) is 5.91 Å². The molecule has 8 nitrogen and oxygen atoms in total. The molecular weight excluding hydrogens is 344 g/mol. The van der Waals surface area contributed by atoms with Gasteiger partial charge in [-0.1, -0.05) is 11.2 Å². The van der Waals surface area contributed by atoms with Crippen LogP contribution in [0.3, 0.4) is 0 Å². The maximum atomic E-state index is 11.6. The second-order valence-corrected chi connectivity index (χ2v) is 6.40. The summed E-state index contributed by atoms with van der Waals surface area (Å²) in [5.74, 6) is 1.01. The number of carbonyl (C=O) groups excluding carboxylic acids is 1. The van der Waals surface area contributed by atoms with Gasteiger partial charge in [-0.15, -0.1) is 0 Å². The first-order valence-electron chi connectivity index (χ1n) is 8.80. The van der Waals surface area contributed by atoms with Gasteiger partial charge in [-0.3, -0.25) is 14.7 Å². The van der Waals surface area contributed by atoms with Crippen LogP contribution in [-0.2, 0) is 6.54 Å². The summed E-state index contributed by atoms with van der Waals surface area (Å²) in [4.78, 5) is 24.6. The third-order valence-electron chi connectivity index (χ3n) is 4.59. The van der Waals surface area contributed by atoms with Crippen LogP contribution >= 0.6 is 0 Å². The molecule has 3 aromatic heterocycles. The molecule has 3 aromatic rings. The summed E-state index contributed by atoms with van der Waals surface area (Å²) in [7, 11) is 0. The maximum Gasteiger partial charge on any atom is 0.252 e. The van der Waals surface area contributed by atoms with E-state index in [1.54, 1.807) is 24.5 Å². The number of pyridine rings is 2. The van der Waals surface area contributed by atoms with E-state index in [1.807, 2.05) is 24.3 Å². The lowest BCUT2D eigenvalue weighted by Crippen LogP contribution is -2.46. The lowest BCUT2D eigenvalue weighted by Gasteiger charge is -2.35. The Kier molecular flexibility index (Phi) is 4.80. The standard InChI is InChI=1S/C19H20N6O2/c20-18(26)15-4-3-7-22-19(15)25-10-8-24(9-11-25)13-14-12-17(23-27-14)16-5-1-2-6-21-16/h1-7,12H,8-11,13H2,(H2,20,26). The van der Waals surface area contributed by atoms with Crippen LogP contribution in [0.1, 0.15) is 16.1 Å². The van der Waals surface area contributed by atoms with Crippen LogP contribution in [0.2, 0.25) is 0 Å². The van der Waals surface area contributed by atoms with Gasteiger partial charge in [-0.2, -0.15) is 0 Å². The van der Waals surface area contributed by atoms with E-state index in [4.69, 9.17) is 10.3 Å². The van der Waals surface area contributed by atoms with E-state index in [0.29, 0.717) is 17.9 Å². The summed E-state index contributed by atoms with van der Waals surface area (Å²) in [6.07, 6.45) is 3.42. The fourth-order valence-electron chi connectivity index (χ4n) is 3.20. The molecule has 0 atom stereocenters. The molecule has 1 saturated heterocycles. The molecule has 4 heterocycles. The van der Waals surface area contributed by atoms with Crippen molar-refractivity contribution in [1.82, 2.24) is 20.0 Å². The van der Waals surface area contributed by atoms with E-state index in [-0.39, 0.29) is 0 Å².